The SMILES string of the molecule is CCOP(=O)(O)OC[C@]1(CCP(=O)(O)OC[C@H]2O[C@@H](n3ccc(NC(C)=O)nc3=O)[C@H](OC(C)=O)[C@@H]2OC(C)=O)C[C@H](OC(C)=O)[C@@H](NC(C)=O)[C@H]([C@H](OC(C)=O)[C@@H](COC(C)=O)OC(C)=O)O1. The van der Waals surface area contributed by atoms with Crippen LogP contribution >= 0.6 is 15.4 Å². The highest BCUT2D eigenvalue weighted by molar-refractivity contribution is 7.52. The van der Waals surface area contributed by atoms with Crippen LogP contribution in [0.15, 0.2) is 17.1 Å². The van der Waals surface area contributed by atoms with Gasteiger partial charge in [-0.15, -0.1) is 0 Å². The molecule has 2 aliphatic heterocycles. The maximum atomic E-state index is 14.0. The van der Waals surface area contributed by atoms with Crippen molar-refractivity contribution < 1.29 is 109 Å². The van der Waals surface area contributed by atoms with Gasteiger partial charge in [-0.3, -0.25) is 56.5 Å². The third-order valence-corrected chi connectivity index (χ3v) is 11.9. The van der Waals surface area contributed by atoms with Gasteiger partial charge in [0.15, 0.2) is 30.6 Å². The highest BCUT2D eigenvalue weighted by Gasteiger charge is 2.56. The summed E-state index contributed by atoms with van der Waals surface area (Å²) in [4.78, 5) is 137. The van der Waals surface area contributed by atoms with E-state index in [2.05, 4.69) is 15.6 Å². The first-order valence-electron chi connectivity index (χ1n) is 20.6. The summed E-state index contributed by atoms with van der Waals surface area (Å²) in [7, 11) is -9.97. The molecule has 2 amide bonds. The highest BCUT2D eigenvalue weighted by Crippen LogP contribution is 2.50. The van der Waals surface area contributed by atoms with Gasteiger partial charge in [-0.2, -0.15) is 4.98 Å². The number of rotatable bonds is 23. The van der Waals surface area contributed by atoms with E-state index in [-0.39, 0.29) is 12.4 Å². The summed E-state index contributed by atoms with van der Waals surface area (Å²) in [5.41, 5.74) is -3.22. The maximum absolute atomic E-state index is 14.0. The number of aromatic nitrogens is 2. The molecule has 0 spiro atoms. The number of phosphoric ester groups is 1. The smallest absolute Gasteiger partial charge is 0.462 e. The molecular weight excluding hydrogens is 958 g/mol. The summed E-state index contributed by atoms with van der Waals surface area (Å²) in [6, 6.07) is -0.310. The number of phosphoric acid groups is 1. The number of anilines is 1. The average molecular weight is 1010 g/mol. The molecule has 2 unspecified atom stereocenters. The van der Waals surface area contributed by atoms with Crippen molar-refractivity contribution in [3.63, 3.8) is 0 Å². The Morgan fingerprint density at radius 3 is 1.99 bits per heavy atom. The van der Waals surface area contributed by atoms with Gasteiger partial charge in [0.1, 0.15) is 30.7 Å². The molecule has 382 valence electrons. The molecule has 28 nitrogen and oxygen atoms in total. The summed E-state index contributed by atoms with van der Waals surface area (Å²) in [6.45, 7) is 6.46. The molecule has 1 aromatic heterocycles. The molecule has 2 fully saturated rings. The predicted molar refractivity (Wildman–Crippen MR) is 224 cm³/mol. The second kappa shape index (κ2) is 24.9. The Hall–Kier alpha value is -5.18. The van der Waals surface area contributed by atoms with Crippen molar-refractivity contribution in [2.75, 3.05) is 37.9 Å². The largest absolute Gasteiger partial charge is 0.472 e. The van der Waals surface area contributed by atoms with Crippen LogP contribution in [0, 0.1) is 0 Å². The van der Waals surface area contributed by atoms with Gasteiger partial charge in [0.25, 0.3) is 0 Å². The molecule has 3 rings (SSSR count). The molecule has 0 bridgehead atoms. The normalized spacial score (nSPS) is 26.0. The van der Waals surface area contributed by atoms with Gasteiger partial charge in [-0.1, -0.05) is 0 Å². The van der Waals surface area contributed by atoms with Crippen LogP contribution in [-0.2, 0) is 99.0 Å². The quantitative estimate of drug-likeness (QED) is 0.0641. The average Bonchev–Trinajstić information content (AvgIpc) is 3.51. The van der Waals surface area contributed by atoms with Gasteiger partial charge >= 0.3 is 56.9 Å². The number of nitrogens with zero attached hydrogens (tertiary/aromatic N) is 2. The van der Waals surface area contributed by atoms with Crippen molar-refractivity contribution in [2.45, 2.75) is 136 Å². The number of carbonyl (C=O) groups is 8. The van der Waals surface area contributed by atoms with E-state index in [1.807, 2.05) is 0 Å². The van der Waals surface area contributed by atoms with Crippen LogP contribution in [0.4, 0.5) is 5.82 Å². The third-order valence-electron chi connectivity index (χ3n) is 9.53. The highest BCUT2D eigenvalue weighted by atomic mass is 31.2. The van der Waals surface area contributed by atoms with E-state index in [9.17, 15) is 62.1 Å². The lowest BCUT2D eigenvalue weighted by atomic mass is 9.82. The summed E-state index contributed by atoms with van der Waals surface area (Å²) in [5.74, 6) is -7.16. The summed E-state index contributed by atoms with van der Waals surface area (Å²) >= 11 is 0. The van der Waals surface area contributed by atoms with Gasteiger partial charge < -0.3 is 62.8 Å². The fourth-order valence-electron chi connectivity index (χ4n) is 7.18. The molecule has 1 aromatic rings. The first-order valence-corrected chi connectivity index (χ1v) is 23.9. The Labute approximate surface area is 388 Å². The number of carbonyl (C=O) groups excluding carboxylic acids is 8. The number of ether oxygens (including phenoxy) is 8. The third kappa shape index (κ3) is 17.7. The van der Waals surface area contributed by atoms with Gasteiger partial charge in [0.2, 0.25) is 11.8 Å². The zero-order valence-electron chi connectivity index (χ0n) is 38.5. The van der Waals surface area contributed by atoms with Crippen molar-refractivity contribution in [3.05, 3.63) is 22.7 Å². The number of hydrogen-bond donors (Lipinski definition) is 4. The van der Waals surface area contributed by atoms with Crippen molar-refractivity contribution in [1.29, 1.82) is 0 Å². The van der Waals surface area contributed by atoms with Gasteiger partial charge in [-0.05, 0) is 19.4 Å². The van der Waals surface area contributed by atoms with Crippen LogP contribution in [-0.4, -0.2) is 154 Å². The summed E-state index contributed by atoms with van der Waals surface area (Å²) in [5, 5.41) is 4.85. The van der Waals surface area contributed by atoms with Gasteiger partial charge in [-0.25, -0.2) is 9.36 Å². The summed E-state index contributed by atoms with van der Waals surface area (Å²) < 4.78 is 88.2. The van der Waals surface area contributed by atoms with E-state index < -0.39 is 168 Å². The Kier molecular flexibility index (Phi) is 20.9. The number of nitrogens with one attached hydrogen (secondary N) is 2. The van der Waals surface area contributed by atoms with E-state index in [0.29, 0.717) is 0 Å². The minimum Gasteiger partial charge on any atom is -0.462 e. The van der Waals surface area contributed by atoms with E-state index in [0.717, 1.165) is 59.2 Å². The first kappa shape index (κ1) is 57.1. The van der Waals surface area contributed by atoms with Gasteiger partial charge in [0.05, 0.1) is 37.6 Å². The van der Waals surface area contributed by atoms with Crippen LogP contribution in [0.5, 0.6) is 0 Å². The number of amides is 2. The standard InChI is InChI=1S/C38H56N4O24P2/c1-10-57-68(54,55)59-18-38(15-27(60-22(5)46)31(40-20(3)44)34(66-38)32(62-24(7)48)28(61-23(6)47)16-56-21(4)45)12-14-67(52,53)58-17-29-33(63-25(8)49)35(64-26(9)50)36(65-29)42-13-11-30(39-19(2)43)41-37(42)51/h11,13,27-29,31-36H,10,12,14-18H2,1-9H3,(H,40,44)(H,52,53)(H,54,55)(H,39,41,43,51)/t27-,28+,29+,31+,32+,33+,34+,35+,36+,38-/m0/s1. The molecule has 4 N–H and O–H groups in total. The van der Waals surface area contributed by atoms with Crippen molar-refractivity contribution in [1.82, 2.24) is 14.9 Å². The molecule has 2 saturated heterocycles. The minimum atomic E-state index is -5.01. The summed E-state index contributed by atoms with van der Waals surface area (Å²) in [6.07, 6.45) is -14.5. The molecule has 0 aliphatic carbocycles. The molecule has 0 aromatic carbocycles. The van der Waals surface area contributed by atoms with Crippen molar-refractivity contribution >= 4 is 68.9 Å². The van der Waals surface area contributed by atoms with Gasteiger partial charge in [0, 0.05) is 68.0 Å². The molecule has 2 aliphatic rings. The maximum Gasteiger partial charge on any atom is 0.472 e. The zero-order chi connectivity index (χ0) is 51.3. The predicted octanol–water partition coefficient (Wildman–Crippen LogP) is 0.0987. The molecule has 12 atom stereocenters. The van der Waals surface area contributed by atoms with Crippen molar-refractivity contribution in [2.24, 2.45) is 0 Å². The van der Waals surface area contributed by atoms with Crippen LogP contribution < -0.4 is 16.3 Å². The lowest BCUT2D eigenvalue weighted by Crippen LogP contribution is -2.68. The minimum absolute atomic E-state index is 0.146. The number of esters is 6. The molecule has 0 radical (unpaired) electrons. The van der Waals surface area contributed by atoms with Crippen LogP contribution in [0.25, 0.3) is 0 Å². The Balaban J connectivity index is 2.13. The molecule has 68 heavy (non-hydrogen) atoms. The Bertz CT molecular complexity index is 2190. The molecular formula is C38H56N4O24P2. The second-order valence-corrected chi connectivity index (χ2v) is 18.8. The number of hydrogen-bond acceptors (Lipinski definition) is 23. The molecule has 0 saturated carbocycles. The van der Waals surface area contributed by atoms with Crippen LogP contribution in [0.3, 0.4) is 0 Å². The van der Waals surface area contributed by atoms with Crippen LogP contribution in [0.1, 0.15) is 81.4 Å². The Morgan fingerprint density at radius 1 is 0.838 bits per heavy atom. The molecule has 3 heterocycles. The topological polar surface area (TPSA) is 372 Å². The van der Waals surface area contributed by atoms with E-state index in [1.165, 1.54) is 19.9 Å². The Morgan fingerprint density at radius 2 is 1.46 bits per heavy atom. The fourth-order valence-corrected chi connectivity index (χ4v) is 9.18. The fraction of sp³-hybridized carbons (Fsp3) is 0.684. The zero-order valence-corrected chi connectivity index (χ0v) is 40.3. The van der Waals surface area contributed by atoms with Crippen LogP contribution in [0.2, 0.25) is 0 Å². The molecule has 30 heteroatoms. The first-order chi connectivity index (χ1) is 31.6. The van der Waals surface area contributed by atoms with E-state index >= 15 is 0 Å². The van der Waals surface area contributed by atoms with Crippen molar-refractivity contribution in [3.8, 4) is 0 Å². The van der Waals surface area contributed by atoms with E-state index in [4.69, 9.17) is 51.5 Å². The monoisotopic (exact) mass is 1010 g/mol. The second-order valence-electron chi connectivity index (χ2n) is 15.3. The lowest BCUT2D eigenvalue weighted by molar-refractivity contribution is -0.244. The van der Waals surface area contributed by atoms with E-state index in [1.54, 1.807) is 0 Å². The lowest BCUT2D eigenvalue weighted by Gasteiger charge is -2.50.